The summed E-state index contributed by atoms with van der Waals surface area (Å²) in [5, 5.41) is 0.872. The van der Waals surface area contributed by atoms with Crippen LogP contribution in [0.2, 0.25) is 0 Å². The highest BCUT2D eigenvalue weighted by molar-refractivity contribution is 7.89. The molecule has 0 unspecified atom stereocenters. The minimum atomic E-state index is -3.53. The number of nitrogens with zero attached hydrogens (tertiary/aromatic N) is 2. The number of amides is 1. The van der Waals surface area contributed by atoms with E-state index in [1.54, 1.807) is 23.1 Å². The largest absolute Gasteiger partial charge is 0.444 e. The summed E-state index contributed by atoms with van der Waals surface area (Å²) in [5.74, 6) is 0. The Morgan fingerprint density at radius 1 is 1.26 bits per heavy atom. The molecule has 0 bridgehead atoms. The topological polar surface area (TPSA) is 88.6 Å². The van der Waals surface area contributed by atoms with Crippen LogP contribution in [0.1, 0.15) is 57.9 Å². The second kappa shape index (κ2) is 8.52. The van der Waals surface area contributed by atoms with Gasteiger partial charge >= 0.3 is 6.09 Å². The van der Waals surface area contributed by atoms with E-state index in [-0.39, 0.29) is 17.0 Å². The lowest BCUT2D eigenvalue weighted by Crippen LogP contribution is -2.39. The third-order valence-electron chi connectivity index (χ3n) is 5.48. The summed E-state index contributed by atoms with van der Waals surface area (Å²) < 4.78 is 34.6. The highest BCUT2D eigenvalue weighted by Gasteiger charge is 2.26. The van der Waals surface area contributed by atoms with E-state index in [0.717, 1.165) is 46.5 Å². The van der Waals surface area contributed by atoms with Crippen molar-refractivity contribution in [2.75, 3.05) is 13.1 Å². The van der Waals surface area contributed by atoms with Gasteiger partial charge in [-0.05, 0) is 63.8 Å². The molecule has 9 heteroatoms. The molecule has 4 rings (SSSR count). The molecule has 1 aromatic carbocycles. The molecule has 1 aliphatic heterocycles. The van der Waals surface area contributed by atoms with Gasteiger partial charge in [-0.2, -0.15) is 0 Å². The van der Waals surface area contributed by atoms with Crippen molar-refractivity contribution in [2.24, 2.45) is 0 Å². The maximum absolute atomic E-state index is 12.8. The summed E-state index contributed by atoms with van der Waals surface area (Å²) in [4.78, 5) is 18.9. The molecular weight excluding hydrogens is 434 g/mol. The van der Waals surface area contributed by atoms with E-state index in [2.05, 4.69) is 4.72 Å². The molecule has 0 saturated heterocycles. The van der Waals surface area contributed by atoms with Gasteiger partial charge in [0.05, 0.1) is 15.1 Å². The number of nitrogens with one attached hydrogen (secondary N) is 1. The molecule has 1 aliphatic carbocycles. The molecule has 31 heavy (non-hydrogen) atoms. The number of rotatable bonds is 4. The fraction of sp³-hybridized carbons (Fsp3) is 0.545. The average molecular weight is 464 g/mol. The van der Waals surface area contributed by atoms with Gasteiger partial charge in [0.15, 0.2) is 0 Å². The summed E-state index contributed by atoms with van der Waals surface area (Å²) in [6.07, 6.45) is 6.34. The Balaban J connectivity index is 1.49. The van der Waals surface area contributed by atoms with Crippen molar-refractivity contribution in [3.8, 4) is 0 Å². The first-order valence-corrected chi connectivity index (χ1v) is 13.0. The number of thiazole rings is 1. The molecule has 2 aromatic rings. The maximum Gasteiger partial charge on any atom is 0.410 e. The molecular formula is C22H29N3O4S2. The Kier molecular flexibility index (Phi) is 6.11. The highest BCUT2D eigenvalue weighted by atomic mass is 32.2. The Bertz CT molecular complexity index is 1110. The minimum Gasteiger partial charge on any atom is -0.444 e. The molecule has 0 spiro atoms. The molecule has 168 valence electrons. The van der Waals surface area contributed by atoms with E-state index in [1.807, 2.05) is 26.8 Å². The summed E-state index contributed by atoms with van der Waals surface area (Å²) in [5.41, 5.74) is 1.35. The second-order valence-electron chi connectivity index (χ2n) is 9.16. The van der Waals surface area contributed by atoms with E-state index in [9.17, 15) is 13.2 Å². The third kappa shape index (κ3) is 5.27. The normalized spacial score (nSPS) is 18.4. The average Bonchev–Trinajstić information content (AvgIpc) is 3.35. The first-order chi connectivity index (χ1) is 14.6. The van der Waals surface area contributed by atoms with Gasteiger partial charge in [0.25, 0.3) is 0 Å². The molecule has 2 heterocycles. The zero-order chi connectivity index (χ0) is 22.2. The number of sulfonamides is 1. The molecule has 0 atom stereocenters. The lowest BCUT2D eigenvalue weighted by molar-refractivity contribution is 0.0270. The maximum atomic E-state index is 12.8. The Morgan fingerprint density at radius 2 is 2.00 bits per heavy atom. The fourth-order valence-corrected chi connectivity index (χ4v) is 6.37. The Labute approximate surface area is 187 Å². The molecule has 7 nitrogen and oxygen atoms in total. The highest BCUT2D eigenvalue weighted by Crippen LogP contribution is 2.32. The number of aromatic nitrogens is 1. The molecule has 1 aromatic heterocycles. The van der Waals surface area contributed by atoms with Crippen LogP contribution in [0, 0.1) is 0 Å². The van der Waals surface area contributed by atoms with Crippen LogP contribution in [0.15, 0.2) is 29.2 Å². The lowest BCUT2D eigenvalue weighted by Gasteiger charge is -2.29. The summed E-state index contributed by atoms with van der Waals surface area (Å²) in [6.45, 7) is 6.62. The van der Waals surface area contributed by atoms with Crippen LogP contribution in [0.4, 0.5) is 4.79 Å². The second-order valence-corrected chi connectivity index (χ2v) is 11.9. The molecule has 2 aliphatic rings. The Hall–Kier alpha value is -1.97. The summed E-state index contributed by atoms with van der Waals surface area (Å²) in [7, 11) is -3.53. The van der Waals surface area contributed by atoms with E-state index in [1.165, 1.54) is 11.3 Å². The van der Waals surface area contributed by atoms with Crippen molar-refractivity contribution >= 4 is 43.2 Å². The monoisotopic (exact) mass is 463 g/mol. The van der Waals surface area contributed by atoms with Gasteiger partial charge < -0.3 is 9.64 Å². The first kappa shape index (κ1) is 22.2. The number of benzene rings is 1. The number of hydrogen-bond acceptors (Lipinski definition) is 6. The van der Waals surface area contributed by atoms with E-state index >= 15 is 0 Å². The van der Waals surface area contributed by atoms with Crippen molar-refractivity contribution in [1.82, 2.24) is 14.6 Å². The first-order valence-electron chi connectivity index (χ1n) is 10.7. The number of fused-ring (bicyclic) bond motifs is 1. The van der Waals surface area contributed by atoms with Gasteiger partial charge in [0.1, 0.15) is 10.6 Å². The van der Waals surface area contributed by atoms with Crippen molar-refractivity contribution in [1.29, 1.82) is 0 Å². The lowest BCUT2D eigenvalue weighted by atomic mass is 10.1. The van der Waals surface area contributed by atoms with Gasteiger partial charge in [-0.3, -0.25) is 0 Å². The zero-order valence-electron chi connectivity index (χ0n) is 18.2. The van der Waals surface area contributed by atoms with E-state index in [4.69, 9.17) is 9.72 Å². The molecule has 0 radical (unpaired) electrons. The third-order valence-corrected chi connectivity index (χ3v) is 8.09. The summed E-state index contributed by atoms with van der Waals surface area (Å²) in [6, 6.07) is 5.15. The number of carbonyl (C=O) groups excluding carboxylic acids is 1. The van der Waals surface area contributed by atoms with Crippen LogP contribution in [0.25, 0.3) is 15.8 Å². The SMILES string of the molecule is CC(C)(C)OC(=O)N1CC=C(c2nc3ccc(S(=O)(=O)NC4CCCC4)cc3s2)CC1. The van der Waals surface area contributed by atoms with Gasteiger partial charge in [-0.1, -0.05) is 18.9 Å². The molecule has 1 fully saturated rings. The van der Waals surface area contributed by atoms with Gasteiger partial charge in [-0.25, -0.2) is 22.9 Å². The van der Waals surface area contributed by atoms with Crippen LogP contribution in [-0.2, 0) is 14.8 Å². The standard InChI is InChI=1S/C22H29N3O4S2/c1-22(2,3)29-21(26)25-12-10-15(11-13-25)20-23-18-9-8-17(14-19(18)30-20)31(27,28)24-16-6-4-5-7-16/h8-10,14,16,24H,4-7,11-13H2,1-3H3. The fourth-order valence-electron chi connectivity index (χ4n) is 3.90. The van der Waals surface area contributed by atoms with Crippen LogP contribution in [0.5, 0.6) is 0 Å². The van der Waals surface area contributed by atoms with Crippen LogP contribution >= 0.6 is 11.3 Å². The minimum absolute atomic E-state index is 0.0398. The van der Waals surface area contributed by atoms with Gasteiger partial charge in [0.2, 0.25) is 10.0 Å². The van der Waals surface area contributed by atoms with Crippen LogP contribution < -0.4 is 4.72 Å². The number of hydrogen-bond donors (Lipinski definition) is 1. The van der Waals surface area contributed by atoms with Crippen molar-refractivity contribution in [3.63, 3.8) is 0 Å². The smallest absolute Gasteiger partial charge is 0.410 e. The van der Waals surface area contributed by atoms with Crippen molar-refractivity contribution < 1.29 is 17.9 Å². The number of carbonyl (C=O) groups is 1. The Morgan fingerprint density at radius 3 is 2.65 bits per heavy atom. The zero-order valence-corrected chi connectivity index (χ0v) is 19.8. The van der Waals surface area contributed by atoms with Gasteiger partial charge in [0, 0.05) is 19.1 Å². The molecule has 1 saturated carbocycles. The van der Waals surface area contributed by atoms with Crippen molar-refractivity contribution in [3.05, 3.63) is 29.3 Å². The predicted octanol–water partition coefficient (Wildman–Crippen LogP) is 4.54. The van der Waals surface area contributed by atoms with E-state index < -0.39 is 15.6 Å². The quantitative estimate of drug-likeness (QED) is 0.719. The predicted molar refractivity (Wildman–Crippen MR) is 123 cm³/mol. The molecule has 1 N–H and O–H groups in total. The van der Waals surface area contributed by atoms with Crippen LogP contribution in [-0.4, -0.2) is 49.1 Å². The van der Waals surface area contributed by atoms with Crippen LogP contribution in [0.3, 0.4) is 0 Å². The van der Waals surface area contributed by atoms with Crippen molar-refractivity contribution in [2.45, 2.75) is 69.4 Å². The van der Waals surface area contributed by atoms with E-state index in [0.29, 0.717) is 19.5 Å². The summed E-state index contributed by atoms with van der Waals surface area (Å²) >= 11 is 1.49. The van der Waals surface area contributed by atoms with Gasteiger partial charge in [-0.15, -0.1) is 11.3 Å². The molecule has 1 amide bonds. The number of ether oxygens (including phenoxy) is 1.